The standard InChI is InChI=1S/C32H40N2O7S2Si/c1-7-17-40-32(37)29-25(42-31-27(20(5)21(6)35)30(36)34(29)31)19-33-24-13-11-12-23-22(14-15-26(28(23)24)43(33,38)39)16-18-41-44(8-2,9-3)10-4/h7,11-15,20,27,31H,1,8-10,16-19H2,2-6H3. The van der Waals surface area contributed by atoms with Crippen LogP contribution in [0.3, 0.4) is 0 Å². The van der Waals surface area contributed by atoms with Gasteiger partial charge in [0, 0.05) is 22.8 Å². The lowest BCUT2D eigenvalue weighted by atomic mass is 9.83. The van der Waals surface area contributed by atoms with Crippen LogP contribution in [0.4, 0.5) is 5.69 Å². The SMILES string of the molecule is C=CCOC(=O)C1=C(CN2c3cccc4c(CCO[Si](CC)(CC)CC)ccc(c34)S2(=O)=O)SC2C(C(C)C(C)=O)C(=O)N12. The number of hydrogen-bond acceptors (Lipinski definition) is 8. The van der Waals surface area contributed by atoms with E-state index in [4.69, 9.17) is 9.16 Å². The summed E-state index contributed by atoms with van der Waals surface area (Å²) in [7, 11) is -5.72. The molecule has 3 aliphatic heterocycles. The Kier molecular flexibility index (Phi) is 9.19. The summed E-state index contributed by atoms with van der Waals surface area (Å²) in [6, 6.07) is 12.3. The van der Waals surface area contributed by atoms with E-state index in [1.165, 1.54) is 34.0 Å². The van der Waals surface area contributed by atoms with Crippen LogP contribution in [0.1, 0.15) is 40.2 Å². The van der Waals surface area contributed by atoms with E-state index in [0.29, 0.717) is 29.0 Å². The number of ketones is 1. The minimum absolute atomic E-state index is 0.0328. The van der Waals surface area contributed by atoms with Gasteiger partial charge < -0.3 is 9.16 Å². The maximum absolute atomic E-state index is 14.0. The van der Waals surface area contributed by atoms with Crippen molar-refractivity contribution in [2.45, 2.75) is 69.4 Å². The van der Waals surface area contributed by atoms with E-state index in [-0.39, 0.29) is 35.4 Å². The minimum Gasteiger partial charge on any atom is -0.457 e. The lowest BCUT2D eigenvalue weighted by molar-refractivity contribution is -0.157. The van der Waals surface area contributed by atoms with Crippen molar-refractivity contribution < 1.29 is 32.0 Å². The number of carbonyl (C=O) groups is 3. The van der Waals surface area contributed by atoms with E-state index in [9.17, 15) is 22.8 Å². The van der Waals surface area contributed by atoms with Crippen molar-refractivity contribution in [2.24, 2.45) is 11.8 Å². The number of Topliss-reactive ketones (excluding diaryl/α,β-unsaturated/α-hetero) is 1. The number of rotatable bonds is 14. The molecule has 0 bridgehead atoms. The van der Waals surface area contributed by atoms with Crippen molar-refractivity contribution in [3.05, 3.63) is 59.2 Å². The Morgan fingerprint density at radius 1 is 1.14 bits per heavy atom. The molecule has 5 rings (SSSR count). The van der Waals surface area contributed by atoms with Crippen molar-refractivity contribution in [1.82, 2.24) is 4.90 Å². The van der Waals surface area contributed by atoms with Crippen LogP contribution in [-0.2, 0) is 40.0 Å². The van der Waals surface area contributed by atoms with Gasteiger partial charge in [-0.05, 0) is 54.6 Å². The molecule has 1 amide bonds. The van der Waals surface area contributed by atoms with Crippen LogP contribution >= 0.6 is 11.8 Å². The highest BCUT2D eigenvalue weighted by molar-refractivity contribution is 8.04. The summed E-state index contributed by atoms with van der Waals surface area (Å²) in [4.78, 5) is 40.6. The predicted molar refractivity (Wildman–Crippen MR) is 175 cm³/mol. The zero-order valence-corrected chi connectivity index (χ0v) is 28.6. The number of thioether (sulfide) groups is 1. The smallest absolute Gasteiger partial charge is 0.356 e. The molecular weight excluding hydrogens is 617 g/mol. The summed E-state index contributed by atoms with van der Waals surface area (Å²) in [6.45, 7) is 13.7. The number of hydrogen-bond donors (Lipinski definition) is 0. The molecule has 44 heavy (non-hydrogen) atoms. The van der Waals surface area contributed by atoms with Gasteiger partial charge in [0.2, 0.25) is 5.91 Å². The van der Waals surface area contributed by atoms with Gasteiger partial charge in [-0.2, -0.15) is 0 Å². The molecule has 9 nitrogen and oxygen atoms in total. The summed E-state index contributed by atoms with van der Waals surface area (Å²) >= 11 is 1.25. The zero-order chi connectivity index (χ0) is 32.0. The molecule has 2 aromatic rings. The van der Waals surface area contributed by atoms with Crippen LogP contribution in [0.2, 0.25) is 18.1 Å². The van der Waals surface area contributed by atoms with E-state index in [0.717, 1.165) is 29.1 Å². The first kappa shape index (κ1) is 32.5. The average molecular weight is 657 g/mol. The summed E-state index contributed by atoms with van der Waals surface area (Å²) in [6.07, 6.45) is 2.10. The lowest BCUT2D eigenvalue weighted by Crippen LogP contribution is -2.60. The van der Waals surface area contributed by atoms with Crippen LogP contribution < -0.4 is 4.31 Å². The molecule has 2 aromatic carbocycles. The Bertz CT molecular complexity index is 1660. The number of fused-ring (bicyclic) bond motifs is 1. The molecule has 1 saturated heterocycles. The predicted octanol–water partition coefficient (Wildman–Crippen LogP) is 5.61. The quantitative estimate of drug-likeness (QED) is 0.112. The van der Waals surface area contributed by atoms with E-state index in [2.05, 4.69) is 27.4 Å². The first-order valence-electron chi connectivity index (χ1n) is 15.2. The Labute approximate surface area is 264 Å². The van der Waals surface area contributed by atoms with Crippen molar-refractivity contribution in [3.63, 3.8) is 0 Å². The molecule has 0 spiro atoms. The molecule has 3 atom stereocenters. The Morgan fingerprint density at radius 2 is 1.84 bits per heavy atom. The third kappa shape index (κ3) is 5.23. The average Bonchev–Trinajstić information content (AvgIpc) is 3.45. The van der Waals surface area contributed by atoms with Gasteiger partial charge >= 0.3 is 5.97 Å². The Balaban J connectivity index is 1.49. The topological polar surface area (TPSA) is 110 Å². The summed E-state index contributed by atoms with van der Waals surface area (Å²) < 4.78 is 41.1. The molecule has 12 heteroatoms. The fraction of sp³-hybridized carbons (Fsp3) is 0.469. The van der Waals surface area contributed by atoms with Crippen molar-refractivity contribution >= 4 is 64.2 Å². The summed E-state index contributed by atoms with van der Waals surface area (Å²) in [5, 5.41) is 1.03. The molecule has 0 aromatic heterocycles. The van der Waals surface area contributed by atoms with Crippen LogP contribution in [0, 0.1) is 11.8 Å². The van der Waals surface area contributed by atoms with E-state index < -0.39 is 41.5 Å². The molecular formula is C32H40N2O7S2Si. The van der Waals surface area contributed by atoms with Gasteiger partial charge in [0.15, 0.2) is 8.32 Å². The third-order valence-electron chi connectivity index (χ3n) is 9.47. The molecule has 3 aliphatic rings. The lowest BCUT2D eigenvalue weighted by Gasteiger charge is -2.44. The van der Waals surface area contributed by atoms with Crippen molar-refractivity contribution in [2.75, 3.05) is 24.1 Å². The highest BCUT2D eigenvalue weighted by atomic mass is 32.2. The van der Waals surface area contributed by atoms with E-state index >= 15 is 0 Å². The molecule has 0 aliphatic carbocycles. The van der Waals surface area contributed by atoms with Crippen LogP contribution in [0.5, 0.6) is 0 Å². The first-order valence-corrected chi connectivity index (χ1v) is 20.0. The van der Waals surface area contributed by atoms with Gasteiger partial charge in [0.1, 0.15) is 18.1 Å². The molecule has 0 N–H and O–H groups in total. The minimum atomic E-state index is -3.96. The molecule has 1 fully saturated rings. The second-order valence-corrected chi connectivity index (χ2v) is 19.4. The fourth-order valence-corrected chi connectivity index (χ4v) is 12.5. The van der Waals surface area contributed by atoms with Crippen molar-refractivity contribution in [3.8, 4) is 0 Å². The summed E-state index contributed by atoms with van der Waals surface area (Å²) in [5.41, 5.74) is 1.58. The Hall–Kier alpha value is -2.93. The molecule has 3 unspecified atom stereocenters. The molecule has 3 heterocycles. The number of β-lactam (4-membered cyclic amide) rings is 1. The zero-order valence-electron chi connectivity index (χ0n) is 25.9. The number of carbonyl (C=O) groups excluding carboxylic acids is 3. The van der Waals surface area contributed by atoms with Gasteiger partial charge in [-0.15, -0.1) is 0 Å². The number of amides is 1. The van der Waals surface area contributed by atoms with Crippen molar-refractivity contribution in [1.29, 1.82) is 0 Å². The van der Waals surface area contributed by atoms with Gasteiger partial charge in [-0.1, -0.05) is 70.3 Å². The van der Waals surface area contributed by atoms with E-state index in [1.807, 2.05) is 18.2 Å². The maximum atomic E-state index is 14.0. The number of ether oxygens (including phenoxy) is 1. The molecule has 0 radical (unpaired) electrons. The largest absolute Gasteiger partial charge is 0.457 e. The Morgan fingerprint density at radius 3 is 2.48 bits per heavy atom. The summed E-state index contributed by atoms with van der Waals surface area (Å²) in [5.74, 6) is -2.32. The third-order valence-corrected chi connectivity index (χ3v) is 17.3. The highest BCUT2D eigenvalue weighted by Gasteiger charge is 2.59. The van der Waals surface area contributed by atoms with Crippen LogP contribution in [0.15, 0.2) is 58.5 Å². The second-order valence-electron chi connectivity index (χ2n) is 11.6. The number of anilines is 1. The fourth-order valence-electron chi connectivity index (χ4n) is 6.47. The van der Waals surface area contributed by atoms with Gasteiger partial charge in [0.25, 0.3) is 10.0 Å². The molecule has 236 valence electrons. The number of esters is 1. The number of benzene rings is 2. The monoisotopic (exact) mass is 656 g/mol. The molecule has 0 saturated carbocycles. The van der Waals surface area contributed by atoms with Crippen LogP contribution in [0.25, 0.3) is 10.8 Å². The first-order chi connectivity index (χ1) is 21.0. The second kappa shape index (κ2) is 12.5. The van der Waals surface area contributed by atoms with E-state index in [1.54, 1.807) is 19.1 Å². The highest BCUT2D eigenvalue weighted by Crippen LogP contribution is 2.53. The van der Waals surface area contributed by atoms with Crippen LogP contribution in [-0.4, -0.2) is 64.4 Å². The number of sulfonamides is 1. The van der Waals surface area contributed by atoms with Gasteiger partial charge in [0.05, 0.1) is 28.4 Å². The maximum Gasteiger partial charge on any atom is 0.356 e. The number of nitrogens with zero attached hydrogens (tertiary/aromatic N) is 2. The van der Waals surface area contributed by atoms with Gasteiger partial charge in [-0.3, -0.25) is 18.8 Å². The van der Waals surface area contributed by atoms with Gasteiger partial charge in [-0.25, -0.2) is 13.2 Å². The normalized spacial score (nSPS) is 21.0.